The van der Waals surface area contributed by atoms with Crippen molar-refractivity contribution in [1.29, 1.82) is 0 Å². The highest BCUT2D eigenvalue weighted by atomic mass is 32.2. The molecule has 2 aromatic rings. The topological polar surface area (TPSA) is 86.8 Å². The van der Waals surface area contributed by atoms with Crippen molar-refractivity contribution in [3.63, 3.8) is 0 Å². The number of amides is 2. The van der Waals surface area contributed by atoms with Crippen LogP contribution in [0.4, 0.5) is 0 Å². The first-order valence-electron chi connectivity index (χ1n) is 9.60. The van der Waals surface area contributed by atoms with Crippen LogP contribution >= 0.6 is 11.3 Å². The average Bonchev–Trinajstić information content (AvgIpc) is 3.44. The van der Waals surface area contributed by atoms with Crippen LogP contribution in [0.25, 0.3) is 0 Å². The number of nitrogens with zero attached hydrogens (tertiary/aromatic N) is 2. The van der Waals surface area contributed by atoms with Gasteiger partial charge in [0.1, 0.15) is 0 Å². The molecule has 0 saturated carbocycles. The lowest BCUT2D eigenvalue weighted by Crippen LogP contribution is -2.40. The van der Waals surface area contributed by atoms with Gasteiger partial charge in [0.05, 0.1) is 18.0 Å². The molecule has 0 spiro atoms. The molecule has 1 aliphatic rings. The maximum absolute atomic E-state index is 12.9. The van der Waals surface area contributed by atoms with E-state index in [-0.39, 0.29) is 28.8 Å². The standard InChI is InChI=1S/C20H25N3O4S2/c1-2-22(15-19(24)21-14-17-8-6-12-28-17)20(25)16-7-5-9-18(13-16)29(26,27)23-10-3-4-11-23/h5-9,12-13H,2-4,10-11,14-15H2,1H3,(H,21,24). The van der Waals surface area contributed by atoms with Crippen LogP contribution in [-0.2, 0) is 21.4 Å². The van der Waals surface area contributed by atoms with Gasteiger partial charge in [-0.25, -0.2) is 8.42 Å². The van der Waals surface area contributed by atoms with Crippen LogP contribution in [0.15, 0.2) is 46.7 Å². The van der Waals surface area contributed by atoms with Gasteiger partial charge in [0, 0.05) is 30.1 Å². The van der Waals surface area contributed by atoms with Crippen molar-refractivity contribution in [3.05, 3.63) is 52.2 Å². The molecule has 1 aromatic heterocycles. The highest BCUT2D eigenvalue weighted by Gasteiger charge is 2.28. The summed E-state index contributed by atoms with van der Waals surface area (Å²) in [6, 6.07) is 9.91. The zero-order chi connectivity index (χ0) is 20.9. The van der Waals surface area contributed by atoms with E-state index in [1.54, 1.807) is 30.4 Å². The van der Waals surface area contributed by atoms with E-state index in [1.165, 1.54) is 21.3 Å². The minimum absolute atomic E-state index is 0.0796. The minimum atomic E-state index is -3.60. The summed E-state index contributed by atoms with van der Waals surface area (Å²) in [7, 11) is -3.60. The van der Waals surface area contributed by atoms with Crippen molar-refractivity contribution < 1.29 is 18.0 Å². The summed E-state index contributed by atoms with van der Waals surface area (Å²) in [6.07, 6.45) is 1.70. The van der Waals surface area contributed by atoms with Gasteiger partial charge in [-0.1, -0.05) is 12.1 Å². The predicted molar refractivity (Wildman–Crippen MR) is 112 cm³/mol. The zero-order valence-electron chi connectivity index (χ0n) is 16.3. The Morgan fingerprint density at radius 2 is 1.93 bits per heavy atom. The van der Waals surface area contributed by atoms with E-state index in [9.17, 15) is 18.0 Å². The Balaban J connectivity index is 1.68. The Bertz CT molecular complexity index is 952. The van der Waals surface area contributed by atoms with Crippen molar-refractivity contribution in [2.45, 2.75) is 31.2 Å². The molecule has 1 saturated heterocycles. The van der Waals surface area contributed by atoms with E-state index in [1.807, 2.05) is 17.5 Å². The Morgan fingerprint density at radius 3 is 2.59 bits per heavy atom. The SMILES string of the molecule is CCN(CC(=O)NCc1cccs1)C(=O)c1cccc(S(=O)(=O)N2CCCC2)c1. The number of benzene rings is 1. The number of sulfonamides is 1. The zero-order valence-corrected chi connectivity index (χ0v) is 18.0. The summed E-state index contributed by atoms with van der Waals surface area (Å²) in [6.45, 7) is 3.48. The largest absolute Gasteiger partial charge is 0.350 e. The monoisotopic (exact) mass is 435 g/mol. The molecule has 1 N–H and O–H groups in total. The fraction of sp³-hybridized carbons (Fsp3) is 0.400. The molecular weight excluding hydrogens is 410 g/mol. The van der Waals surface area contributed by atoms with Crippen molar-refractivity contribution in [2.24, 2.45) is 0 Å². The number of hydrogen-bond acceptors (Lipinski definition) is 5. The average molecular weight is 436 g/mol. The molecule has 0 atom stereocenters. The Hall–Kier alpha value is -2.23. The summed E-state index contributed by atoms with van der Waals surface area (Å²) in [5.41, 5.74) is 0.262. The van der Waals surface area contributed by atoms with Crippen molar-refractivity contribution >= 4 is 33.2 Å². The predicted octanol–water partition coefficient (Wildman–Crippen LogP) is 2.31. The van der Waals surface area contributed by atoms with Gasteiger partial charge in [0.2, 0.25) is 15.9 Å². The minimum Gasteiger partial charge on any atom is -0.350 e. The second-order valence-electron chi connectivity index (χ2n) is 6.81. The van der Waals surface area contributed by atoms with Gasteiger partial charge >= 0.3 is 0 Å². The first-order chi connectivity index (χ1) is 13.9. The molecular formula is C20H25N3O4S2. The molecule has 1 fully saturated rings. The lowest BCUT2D eigenvalue weighted by Gasteiger charge is -2.21. The Morgan fingerprint density at radius 1 is 1.17 bits per heavy atom. The van der Waals surface area contributed by atoms with Crippen molar-refractivity contribution in [3.8, 4) is 0 Å². The fourth-order valence-corrected chi connectivity index (χ4v) is 5.41. The molecule has 0 aliphatic carbocycles. The van der Waals surface area contributed by atoms with Crippen LogP contribution in [0, 0.1) is 0 Å². The number of rotatable bonds is 8. The van der Waals surface area contributed by atoms with Crippen LogP contribution in [0.3, 0.4) is 0 Å². The number of nitrogens with one attached hydrogen (secondary N) is 1. The van der Waals surface area contributed by atoms with E-state index >= 15 is 0 Å². The number of carbonyl (C=O) groups is 2. The van der Waals surface area contributed by atoms with Gasteiger partial charge in [-0.15, -0.1) is 11.3 Å². The van der Waals surface area contributed by atoms with Gasteiger partial charge in [-0.3, -0.25) is 9.59 Å². The van der Waals surface area contributed by atoms with E-state index in [0.717, 1.165) is 17.7 Å². The molecule has 2 amide bonds. The molecule has 29 heavy (non-hydrogen) atoms. The molecule has 156 valence electrons. The van der Waals surface area contributed by atoms with Crippen molar-refractivity contribution in [1.82, 2.24) is 14.5 Å². The van der Waals surface area contributed by atoms with Gasteiger partial charge in [-0.05, 0) is 49.4 Å². The Kier molecular flexibility index (Phi) is 7.05. The van der Waals surface area contributed by atoms with E-state index in [4.69, 9.17) is 0 Å². The quantitative estimate of drug-likeness (QED) is 0.689. The first kappa shape index (κ1) is 21.5. The lowest BCUT2D eigenvalue weighted by atomic mass is 10.2. The van der Waals surface area contributed by atoms with Crippen LogP contribution in [-0.4, -0.2) is 55.6 Å². The fourth-order valence-electron chi connectivity index (χ4n) is 3.21. The number of likely N-dealkylation sites (N-methyl/N-ethyl adjacent to an activating group) is 1. The van der Waals surface area contributed by atoms with Crippen LogP contribution in [0.1, 0.15) is 35.0 Å². The lowest BCUT2D eigenvalue weighted by molar-refractivity contribution is -0.121. The highest BCUT2D eigenvalue weighted by Crippen LogP contribution is 2.22. The molecule has 7 nitrogen and oxygen atoms in total. The van der Waals surface area contributed by atoms with Gasteiger partial charge < -0.3 is 10.2 Å². The van der Waals surface area contributed by atoms with Crippen molar-refractivity contribution in [2.75, 3.05) is 26.2 Å². The Labute approximate surface area is 175 Å². The molecule has 0 unspecified atom stereocenters. The maximum Gasteiger partial charge on any atom is 0.254 e. The van der Waals surface area contributed by atoms with Gasteiger partial charge in [0.25, 0.3) is 5.91 Å². The third-order valence-corrected chi connectivity index (χ3v) is 7.60. The molecule has 1 aliphatic heterocycles. The third-order valence-electron chi connectivity index (χ3n) is 4.83. The second-order valence-corrected chi connectivity index (χ2v) is 9.78. The van der Waals surface area contributed by atoms with Gasteiger partial charge in [-0.2, -0.15) is 4.31 Å². The summed E-state index contributed by atoms with van der Waals surface area (Å²) in [5, 5.41) is 4.74. The normalized spacial score (nSPS) is 14.7. The number of carbonyl (C=O) groups excluding carboxylic acids is 2. The molecule has 0 bridgehead atoms. The summed E-state index contributed by atoms with van der Waals surface area (Å²) >= 11 is 1.55. The van der Waals surface area contributed by atoms with E-state index in [0.29, 0.717) is 26.2 Å². The number of thiophene rings is 1. The third kappa shape index (κ3) is 5.23. The molecule has 1 aromatic carbocycles. The molecule has 9 heteroatoms. The molecule has 2 heterocycles. The number of hydrogen-bond donors (Lipinski definition) is 1. The van der Waals surface area contributed by atoms with E-state index < -0.39 is 10.0 Å². The van der Waals surface area contributed by atoms with Crippen LogP contribution < -0.4 is 5.32 Å². The summed E-state index contributed by atoms with van der Waals surface area (Å²) in [5.74, 6) is -0.619. The molecule has 3 rings (SSSR count). The highest BCUT2D eigenvalue weighted by molar-refractivity contribution is 7.89. The maximum atomic E-state index is 12.9. The van der Waals surface area contributed by atoms with Gasteiger partial charge in [0.15, 0.2) is 0 Å². The smallest absolute Gasteiger partial charge is 0.254 e. The van der Waals surface area contributed by atoms with Crippen LogP contribution in [0.2, 0.25) is 0 Å². The van der Waals surface area contributed by atoms with Crippen LogP contribution in [0.5, 0.6) is 0 Å². The second kappa shape index (κ2) is 9.51. The molecule has 0 radical (unpaired) electrons. The first-order valence-corrected chi connectivity index (χ1v) is 11.9. The summed E-state index contributed by atoms with van der Waals surface area (Å²) in [4.78, 5) is 27.7. The van der Waals surface area contributed by atoms with E-state index in [2.05, 4.69) is 5.32 Å². The summed E-state index contributed by atoms with van der Waals surface area (Å²) < 4.78 is 27.0.